The predicted molar refractivity (Wildman–Crippen MR) is 125 cm³/mol. The van der Waals surface area contributed by atoms with Crippen molar-refractivity contribution in [1.29, 1.82) is 0 Å². The minimum absolute atomic E-state index is 0. The fraction of sp³-hybridized carbons (Fsp3) is 0.619. The van der Waals surface area contributed by atoms with Gasteiger partial charge in [-0.25, -0.2) is 4.99 Å². The molecule has 1 saturated heterocycles. The molecule has 0 atom stereocenters. The van der Waals surface area contributed by atoms with Crippen LogP contribution in [0.15, 0.2) is 35.3 Å². The first-order valence-electron chi connectivity index (χ1n) is 10.1. The van der Waals surface area contributed by atoms with E-state index in [0.29, 0.717) is 18.5 Å². The third-order valence-corrected chi connectivity index (χ3v) is 4.87. The molecule has 0 saturated carbocycles. The topological polar surface area (TPSA) is 66.0 Å². The number of aliphatic imine (C=N–C) groups is 1. The molecule has 0 bridgehead atoms. The van der Waals surface area contributed by atoms with E-state index < -0.39 is 0 Å². The molecular formula is C21H35IN4O2. The Hall–Kier alpha value is -1.35. The minimum atomic E-state index is 0. The van der Waals surface area contributed by atoms with Gasteiger partial charge in [0.2, 0.25) is 5.91 Å². The number of carbonyl (C=O) groups is 1. The first-order valence-corrected chi connectivity index (χ1v) is 10.1. The summed E-state index contributed by atoms with van der Waals surface area (Å²) in [6.07, 6.45) is 4.15. The van der Waals surface area contributed by atoms with Crippen molar-refractivity contribution in [1.82, 2.24) is 15.5 Å². The number of nitrogens with zero attached hydrogens (tertiary/aromatic N) is 2. The second-order valence-electron chi connectivity index (χ2n) is 6.98. The first kappa shape index (κ1) is 24.7. The van der Waals surface area contributed by atoms with E-state index in [4.69, 9.17) is 4.74 Å². The van der Waals surface area contributed by atoms with E-state index in [0.717, 1.165) is 51.9 Å². The van der Waals surface area contributed by atoms with E-state index in [1.54, 1.807) is 7.11 Å². The molecule has 1 aliphatic heterocycles. The standard InChI is InChI=1S/C21H34N4O2.HI/c1-3-22-21(23-12-7-15-27-2)24-17-20(26)25-13-10-19(11-14-25)16-18-8-5-4-6-9-18;/h4-6,8-9,19H,3,7,10-17H2,1-2H3,(H2,22,23,24);1H. The molecule has 0 spiro atoms. The number of methoxy groups -OCH3 is 1. The number of halogens is 1. The molecule has 1 aromatic carbocycles. The van der Waals surface area contributed by atoms with Crippen LogP contribution in [0.2, 0.25) is 0 Å². The summed E-state index contributed by atoms with van der Waals surface area (Å²) in [6.45, 7) is 6.15. The van der Waals surface area contributed by atoms with Crippen LogP contribution in [0.1, 0.15) is 31.7 Å². The Morgan fingerprint density at radius 1 is 1.21 bits per heavy atom. The van der Waals surface area contributed by atoms with Crippen LogP contribution in [0, 0.1) is 5.92 Å². The number of guanidine groups is 1. The number of hydrogen-bond acceptors (Lipinski definition) is 3. The molecule has 0 aromatic heterocycles. The number of benzene rings is 1. The molecule has 1 amide bonds. The maximum absolute atomic E-state index is 12.5. The van der Waals surface area contributed by atoms with E-state index in [-0.39, 0.29) is 36.4 Å². The summed E-state index contributed by atoms with van der Waals surface area (Å²) < 4.78 is 5.05. The van der Waals surface area contributed by atoms with Crippen LogP contribution >= 0.6 is 24.0 Å². The number of nitrogens with one attached hydrogen (secondary N) is 2. The van der Waals surface area contributed by atoms with Gasteiger partial charge in [0.25, 0.3) is 0 Å². The van der Waals surface area contributed by atoms with Crippen LogP contribution in [-0.4, -0.2) is 63.2 Å². The van der Waals surface area contributed by atoms with Crippen LogP contribution in [0.4, 0.5) is 0 Å². The molecule has 6 nitrogen and oxygen atoms in total. The molecule has 2 N–H and O–H groups in total. The maximum Gasteiger partial charge on any atom is 0.244 e. The summed E-state index contributed by atoms with van der Waals surface area (Å²) in [5.41, 5.74) is 1.39. The molecule has 0 radical (unpaired) electrons. The predicted octanol–water partition coefficient (Wildman–Crippen LogP) is 2.68. The highest BCUT2D eigenvalue weighted by Gasteiger charge is 2.22. The zero-order valence-corrected chi connectivity index (χ0v) is 19.5. The van der Waals surface area contributed by atoms with Crippen LogP contribution in [0.5, 0.6) is 0 Å². The molecule has 1 aliphatic rings. The number of rotatable bonds is 9. The van der Waals surface area contributed by atoms with Crippen molar-refractivity contribution >= 4 is 35.8 Å². The Kier molecular flexibility index (Phi) is 12.9. The smallest absolute Gasteiger partial charge is 0.244 e. The summed E-state index contributed by atoms with van der Waals surface area (Å²) in [7, 11) is 1.70. The molecule has 2 rings (SSSR count). The Labute approximate surface area is 186 Å². The fourth-order valence-corrected chi connectivity index (χ4v) is 3.35. The van der Waals surface area contributed by atoms with Crippen molar-refractivity contribution in [2.45, 2.75) is 32.6 Å². The van der Waals surface area contributed by atoms with Gasteiger partial charge in [0, 0.05) is 39.9 Å². The molecule has 1 heterocycles. The molecule has 28 heavy (non-hydrogen) atoms. The van der Waals surface area contributed by atoms with Gasteiger partial charge in [-0.1, -0.05) is 30.3 Å². The summed E-state index contributed by atoms with van der Waals surface area (Å²) in [5, 5.41) is 6.42. The Morgan fingerprint density at radius 2 is 1.93 bits per heavy atom. The van der Waals surface area contributed by atoms with Crippen LogP contribution in [0.25, 0.3) is 0 Å². The van der Waals surface area contributed by atoms with Crippen molar-refractivity contribution < 1.29 is 9.53 Å². The third kappa shape index (κ3) is 9.23. The van der Waals surface area contributed by atoms with Gasteiger partial charge in [0.15, 0.2) is 5.96 Å². The molecule has 7 heteroatoms. The average molecular weight is 502 g/mol. The van der Waals surface area contributed by atoms with Crippen molar-refractivity contribution in [2.24, 2.45) is 10.9 Å². The fourth-order valence-electron chi connectivity index (χ4n) is 3.35. The quantitative estimate of drug-likeness (QED) is 0.236. The lowest BCUT2D eigenvalue weighted by atomic mass is 9.90. The van der Waals surface area contributed by atoms with E-state index in [1.807, 2.05) is 11.8 Å². The Balaban J connectivity index is 0.00000392. The van der Waals surface area contributed by atoms with Crippen molar-refractivity contribution in [3.05, 3.63) is 35.9 Å². The third-order valence-electron chi connectivity index (χ3n) is 4.87. The normalized spacial score (nSPS) is 15.1. The van der Waals surface area contributed by atoms with Gasteiger partial charge in [0.05, 0.1) is 0 Å². The SMILES string of the molecule is CCNC(=NCC(=O)N1CCC(Cc2ccccc2)CC1)NCCCOC.I. The van der Waals surface area contributed by atoms with Gasteiger partial charge in [0.1, 0.15) is 6.54 Å². The van der Waals surface area contributed by atoms with E-state index >= 15 is 0 Å². The monoisotopic (exact) mass is 502 g/mol. The highest BCUT2D eigenvalue weighted by atomic mass is 127. The van der Waals surface area contributed by atoms with E-state index in [1.165, 1.54) is 5.56 Å². The number of carbonyl (C=O) groups excluding carboxylic acids is 1. The molecular weight excluding hydrogens is 467 g/mol. The molecule has 0 unspecified atom stereocenters. The van der Waals surface area contributed by atoms with Crippen molar-refractivity contribution in [3.63, 3.8) is 0 Å². The summed E-state index contributed by atoms with van der Waals surface area (Å²) in [4.78, 5) is 18.9. The van der Waals surface area contributed by atoms with Crippen LogP contribution in [-0.2, 0) is 16.0 Å². The van der Waals surface area contributed by atoms with Crippen LogP contribution < -0.4 is 10.6 Å². The van der Waals surface area contributed by atoms with Gasteiger partial charge in [-0.3, -0.25) is 4.79 Å². The van der Waals surface area contributed by atoms with E-state index in [9.17, 15) is 4.79 Å². The highest BCUT2D eigenvalue weighted by molar-refractivity contribution is 14.0. The lowest BCUT2D eigenvalue weighted by Crippen LogP contribution is -2.42. The van der Waals surface area contributed by atoms with Gasteiger partial charge in [-0.05, 0) is 44.1 Å². The molecule has 158 valence electrons. The maximum atomic E-state index is 12.5. The van der Waals surface area contributed by atoms with Gasteiger partial charge >= 0.3 is 0 Å². The lowest BCUT2D eigenvalue weighted by Gasteiger charge is -2.32. The highest BCUT2D eigenvalue weighted by Crippen LogP contribution is 2.21. The number of hydrogen-bond donors (Lipinski definition) is 2. The molecule has 1 fully saturated rings. The van der Waals surface area contributed by atoms with Gasteiger partial charge < -0.3 is 20.3 Å². The second kappa shape index (κ2) is 14.6. The van der Waals surface area contributed by atoms with E-state index in [2.05, 4.69) is 46.0 Å². The van der Waals surface area contributed by atoms with Crippen molar-refractivity contribution in [2.75, 3.05) is 46.4 Å². The minimum Gasteiger partial charge on any atom is -0.385 e. The van der Waals surface area contributed by atoms with Crippen molar-refractivity contribution in [3.8, 4) is 0 Å². The Morgan fingerprint density at radius 3 is 2.57 bits per heavy atom. The number of likely N-dealkylation sites (tertiary alicyclic amines) is 1. The molecule has 0 aliphatic carbocycles. The van der Waals surface area contributed by atoms with Gasteiger partial charge in [-0.15, -0.1) is 24.0 Å². The zero-order valence-electron chi connectivity index (χ0n) is 17.2. The number of amides is 1. The van der Waals surface area contributed by atoms with Crippen LogP contribution in [0.3, 0.4) is 0 Å². The Bertz CT molecular complexity index is 575. The summed E-state index contributed by atoms with van der Waals surface area (Å²) in [6, 6.07) is 10.6. The number of ether oxygens (including phenoxy) is 1. The zero-order chi connectivity index (χ0) is 19.3. The first-order chi connectivity index (χ1) is 13.2. The lowest BCUT2D eigenvalue weighted by molar-refractivity contribution is -0.130. The number of piperidine rings is 1. The molecule has 1 aromatic rings. The summed E-state index contributed by atoms with van der Waals surface area (Å²) >= 11 is 0. The van der Waals surface area contributed by atoms with Gasteiger partial charge in [-0.2, -0.15) is 0 Å². The largest absolute Gasteiger partial charge is 0.385 e. The summed E-state index contributed by atoms with van der Waals surface area (Å²) in [5.74, 6) is 1.47. The second-order valence-corrected chi connectivity index (χ2v) is 6.98. The average Bonchev–Trinajstić information content (AvgIpc) is 2.70.